The molecule has 0 fully saturated rings. The summed E-state index contributed by atoms with van der Waals surface area (Å²) in [7, 11) is -1.71. The van der Waals surface area contributed by atoms with Crippen molar-refractivity contribution in [3.8, 4) is 0 Å². The van der Waals surface area contributed by atoms with E-state index in [1.54, 1.807) is 12.1 Å². The highest BCUT2D eigenvalue weighted by atomic mass is 16.4. The van der Waals surface area contributed by atoms with Gasteiger partial charge in [0, 0.05) is 6.92 Å². The van der Waals surface area contributed by atoms with Gasteiger partial charge in [-0.1, -0.05) is 12.1 Å². The molecule has 0 unspecified atom stereocenters. The van der Waals surface area contributed by atoms with Crippen LogP contribution in [-0.4, -0.2) is 40.1 Å². The van der Waals surface area contributed by atoms with E-state index < -0.39 is 19.0 Å². The van der Waals surface area contributed by atoms with E-state index in [2.05, 4.69) is 5.32 Å². The zero-order valence-electron chi connectivity index (χ0n) is 9.83. The second-order valence-electron chi connectivity index (χ2n) is 3.93. The van der Waals surface area contributed by atoms with Gasteiger partial charge in [0.05, 0.1) is 11.5 Å². The Kier molecular flexibility index (Phi) is 4.88. The topological polar surface area (TPSA) is 107 Å². The minimum Gasteiger partial charge on any atom is -0.478 e. The molecule has 7 heteroatoms. The lowest BCUT2D eigenvalue weighted by Gasteiger charge is -2.16. The van der Waals surface area contributed by atoms with Crippen molar-refractivity contribution in [2.75, 3.05) is 0 Å². The molecule has 4 N–H and O–H groups in total. The lowest BCUT2D eigenvalue weighted by molar-refractivity contribution is -0.119. The van der Waals surface area contributed by atoms with Crippen molar-refractivity contribution in [3.63, 3.8) is 0 Å². The van der Waals surface area contributed by atoms with Crippen molar-refractivity contribution in [3.05, 3.63) is 35.4 Å². The highest BCUT2D eigenvalue weighted by Gasteiger charge is 2.24. The molecule has 6 nitrogen and oxygen atoms in total. The maximum Gasteiger partial charge on any atom is 0.475 e. The van der Waals surface area contributed by atoms with E-state index >= 15 is 0 Å². The fourth-order valence-electron chi connectivity index (χ4n) is 1.58. The van der Waals surface area contributed by atoms with Crippen LogP contribution in [0.1, 0.15) is 22.8 Å². The third-order valence-electron chi connectivity index (χ3n) is 2.38. The van der Waals surface area contributed by atoms with E-state index in [1.165, 1.54) is 19.1 Å². The molecule has 0 aliphatic heterocycles. The molecule has 0 bridgehead atoms. The molecule has 0 spiro atoms. The normalized spacial score (nSPS) is 11.7. The van der Waals surface area contributed by atoms with Crippen molar-refractivity contribution < 1.29 is 24.7 Å². The zero-order chi connectivity index (χ0) is 13.7. The largest absolute Gasteiger partial charge is 0.478 e. The molecular formula is C11H14BNO5. The molecule has 1 aromatic rings. The summed E-state index contributed by atoms with van der Waals surface area (Å²) in [5, 5.41) is 29.5. The number of aromatic carboxylic acids is 1. The molecule has 0 aliphatic rings. The number of rotatable bonds is 5. The highest BCUT2D eigenvalue weighted by Crippen LogP contribution is 2.08. The summed E-state index contributed by atoms with van der Waals surface area (Å²) in [5.41, 5.74) is 0.711. The van der Waals surface area contributed by atoms with Crippen molar-refractivity contribution in [1.82, 2.24) is 5.32 Å². The molecule has 0 saturated carbocycles. The summed E-state index contributed by atoms with van der Waals surface area (Å²) >= 11 is 0. The molecular weight excluding hydrogens is 237 g/mol. The smallest absolute Gasteiger partial charge is 0.475 e. The quantitative estimate of drug-likeness (QED) is 0.525. The van der Waals surface area contributed by atoms with E-state index in [4.69, 9.17) is 15.2 Å². The predicted molar refractivity (Wildman–Crippen MR) is 64.9 cm³/mol. The van der Waals surface area contributed by atoms with Crippen LogP contribution in [0, 0.1) is 0 Å². The van der Waals surface area contributed by atoms with Crippen molar-refractivity contribution in [1.29, 1.82) is 0 Å². The van der Waals surface area contributed by atoms with Crippen LogP contribution in [0.15, 0.2) is 24.3 Å². The summed E-state index contributed by atoms with van der Waals surface area (Å²) in [6.07, 6.45) is 0.137. The van der Waals surface area contributed by atoms with Crippen LogP contribution < -0.4 is 5.32 Å². The Morgan fingerprint density at radius 3 is 2.56 bits per heavy atom. The van der Waals surface area contributed by atoms with Crippen LogP contribution in [-0.2, 0) is 11.2 Å². The van der Waals surface area contributed by atoms with Crippen LogP contribution in [0.3, 0.4) is 0 Å². The third kappa shape index (κ3) is 4.19. The first-order valence-corrected chi connectivity index (χ1v) is 5.35. The van der Waals surface area contributed by atoms with Crippen LogP contribution in [0.5, 0.6) is 0 Å². The maximum atomic E-state index is 10.9. The van der Waals surface area contributed by atoms with Gasteiger partial charge in [-0.15, -0.1) is 0 Å². The van der Waals surface area contributed by atoms with E-state index in [9.17, 15) is 9.59 Å². The van der Waals surface area contributed by atoms with Gasteiger partial charge in [0.25, 0.3) is 0 Å². The summed E-state index contributed by atoms with van der Waals surface area (Å²) in [4.78, 5) is 21.7. The minimum absolute atomic E-state index is 0.113. The monoisotopic (exact) mass is 251 g/mol. The Morgan fingerprint density at radius 2 is 2.06 bits per heavy atom. The first-order valence-electron chi connectivity index (χ1n) is 5.35. The van der Waals surface area contributed by atoms with Gasteiger partial charge < -0.3 is 20.5 Å². The number of carbonyl (C=O) groups excluding carboxylic acids is 1. The number of amides is 1. The van der Waals surface area contributed by atoms with Gasteiger partial charge in [-0.25, -0.2) is 4.79 Å². The first-order chi connectivity index (χ1) is 8.40. The fourth-order valence-corrected chi connectivity index (χ4v) is 1.58. The Balaban J connectivity index is 2.83. The lowest BCUT2D eigenvalue weighted by atomic mass is 9.76. The Morgan fingerprint density at radius 1 is 1.39 bits per heavy atom. The van der Waals surface area contributed by atoms with Gasteiger partial charge in [0.1, 0.15) is 0 Å². The molecule has 0 heterocycles. The average Bonchev–Trinajstić information content (AvgIpc) is 2.27. The number of hydrogen-bond donors (Lipinski definition) is 4. The molecule has 1 amide bonds. The lowest BCUT2D eigenvalue weighted by Crippen LogP contribution is -2.47. The first kappa shape index (κ1) is 14.2. The molecule has 1 aromatic carbocycles. The molecule has 0 saturated heterocycles. The SMILES string of the molecule is CC(=O)N[C@@H](Cc1cccc(C(=O)O)c1)B(O)O. The van der Waals surface area contributed by atoms with Gasteiger partial charge in [0.15, 0.2) is 0 Å². The van der Waals surface area contributed by atoms with E-state index in [0.717, 1.165) is 0 Å². The van der Waals surface area contributed by atoms with Crippen molar-refractivity contribution >= 4 is 19.0 Å². The molecule has 1 rings (SSSR count). The number of hydrogen-bond acceptors (Lipinski definition) is 4. The molecule has 1 atom stereocenters. The van der Waals surface area contributed by atoms with Crippen LogP contribution in [0.4, 0.5) is 0 Å². The van der Waals surface area contributed by atoms with Crippen molar-refractivity contribution in [2.24, 2.45) is 0 Å². The van der Waals surface area contributed by atoms with Crippen LogP contribution in [0.25, 0.3) is 0 Å². The molecule has 0 aliphatic carbocycles. The van der Waals surface area contributed by atoms with Crippen molar-refractivity contribution in [2.45, 2.75) is 19.3 Å². The number of carboxylic acid groups (broad SMARTS) is 1. The Labute approximate surface area is 104 Å². The van der Waals surface area contributed by atoms with Gasteiger partial charge in [-0.3, -0.25) is 4.79 Å². The molecule has 96 valence electrons. The van der Waals surface area contributed by atoms with Gasteiger partial charge in [-0.2, -0.15) is 0 Å². The van der Waals surface area contributed by atoms with E-state index in [-0.39, 0.29) is 17.9 Å². The third-order valence-corrected chi connectivity index (χ3v) is 2.38. The predicted octanol–water partition coefficient (Wildman–Crippen LogP) is -0.556. The van der Waals surface area contributed by atoms with Gasteiger partial charge in [0.2, 0.25) is 5.91 Å². The highest BCUT2D eigenvalue weighted by molar-refractivity contribution is 6.43. The van der Waals surface area contributed by atoms with Crippen LogP contribution in [0.2, 0.25) is 0 Å². The number of carboxylic acids is 1. The Bertz CT molecular complexity index is 449. The standard InChI is InChI=1S/C11H14BNO5/c1-7(14)13-10(12(17)18)6-8-3-2-4-9(5-8)11(15)16/h2-5,10,17-18H,6H2,1H3,(H,13,14)(H,15,16)/t10-/m0/s1. The fraction of sp³-hybridized carbons (Fsp3) is 0.273. The van der Waals surface area contributed by atoms with Gasteiger partial charge >= 0.3 is 13.1 Å². The summed E-state index contributed by atoms with van der Waals surface area (Å²) in [6, 6.07) is 6.09. The molecule has 0 aromatic heterocycles. The average molecular weight is 251 g/mol. The number of nitrogens with one attached hydrogen (secondary N) is 1. The molecule has 0 radical (unpaired) electrons. The second kappa shape index (κ2) is 6.18. The summed E-state index contributed by atoms with van der Waals surface area (Å²) < 4.78 is 0. The zero-order valence-corrected chi connectivity index (χ0v) is 9.83. The van der Waals surface area contributed by atoms with E-state index in [0.29, 0.717) is 5.56 Å². The number of carbonyl (C=O) groups is 2. The maximum absolute atomic E-state index is 10.9. The van der Waals surface area contributed by atoms with Crippen LogP contribution >= 0.6 is 0 Å². The molecule has 18 heavy (non-hydrogen) atoms. The summed E-state index contributed by atoms with van der Waals surface area (Å²) in [6.45, 7) is 1.27. The number of benzene rings is 1. The van der Waals surface area contributed by atoms with E-state index in [1.807, 2.05) is 0 Å². The Hall–Kier alpha value is -1.86. The van der Waals surface area contributed by atoms with Gasteiger partial charge in [-0.05, 0) is 24.1 Å². The second-order valence-corrected chi connectivity index (χ2v) is 3.93. The minimum atomic E-state index is -1.71. The summed E-state index contributed by atoms with van der Waals surface area (Å²) in [5.74, 6) is -2.31.